The third-order valence-corrected chi connectivity index (χ3v) is 11.8. The number of carbonyl (C=O) groups is 2. The molecule has 1 N–H and O–H groups in total. The Kier molecular flexibility index (Phi) is 15.3. The second kappa shape index (κ2) is 21.3. The molecule has 0 saturated carbocycles. The molecular weight excluding hydrogens is 891 g/mol. The Labute approximate surface area is 378 Å². The van der Waals surface area contributed by atoms with Crippen LogP contribution in [0.15, 0.2) is 90.5 Å². The molecule has 2 saturated heterocycles. The highest BCUT2D eigenvalue weighted by atomic mass is 32.3. The van der Waals surface area contributed by atoms with E-state index < -0.39 is 71.0 Å². The molecule has 0 amide bonds. The summed E-state index contributed by atoms with van der Waals surface area (Å²) in [5.41, 5.74) is 1.42. The fourth-order valence-electron chi connectivity index (χ4n) is 8.09. The monoisotopic (exact) mass is 940 g/mol. The molecule has 0 bridgehead atoms. The molecular formula is C43H50F2N8O12S. The maximum atomic E-state index is 15.0. The molecule has 66 heavy (non-hydrogen) atoms. The van der Waals surface area contributed by atoms with Crippen LogP contribution >= 0.6 is 0 Å². The zero-order valence-electron chi connectivity index (χ0n) is 36.2. The fraction of sp³-hybridized carbons (Fsp3) is 0.442. The summed E-state index contributed by atoms with van der Waals surface area (Å²) < 4.78 is 94.1. The van der Waals surface area contributed by atoms with Gasteiger partial charge < -0.3 is 33.5 Å². The highest BCUT2D eigenvalue weighted by Gasteiger charge is 2.45. The topological polar surface area (TPSA) is 221 Å². The van der Waals surface area contributed by atoms with E-state index in [-0.39, 0.29) is 30.9 Å². The van der Waals surface area contributed by atoms with Gasteiger partial charge >= 0.3 is 28.2 Å². The van der Waals surface area contributed by atoms with Crippen molar-refractivity contribution < 1.29 is 59.2 Å². The van der Waals surface area contributed by atoms with Gasteiger partial charge in [-0.15, -0.1) is 0 Å². The molecule has 5 aromatic rings. The Morgan fingerprint density at radius 3 is 2.26 bits per heavy atom. The number of nitrogens with zero attached hydrogens (tertiary/aromatic N) is 8. The first-order valence-corrected chi connectivity index (χ1v) is 22.6. The van der Waals surface area contributed by atoms with Crippen LogP contribution in [0.25, 0.3) is 5.69 Å². The van der Waals surface area contributed by atoms with Gasteiger partial charge in [-0.05, 0) is 80.8 Å². The quantitative estimate of drug-likeness (QED) is 0.0478. The predicted octanol–water partition coefficient (Wildman–Crippen LogP) is 4.83. The number of hydrogen-bond donors (Lipinski definition) is 1. The maximum absolute atomic E-state index is 15.0. The Hall–Kier alpha value is -6.43. The van der Waals surface area contributed by atoms with Gasteiger partial charge in [-0.2, -0.15) is 18.6 Å². The average molecular weight is 941 g/mol. The lowest BCUT2D eigenvalue weighted by molar-refractivity contribution is -0.154. The summed E-state index contributed by atoms with van der Waals surface area (Å²) in [6, 6.07) is 18.4. The Morgan fingerprint density at radius 2 is 1.62 bits per heavy atom. The number of rotatable bonds is 20. The van der Waals surface area contributed by atoms with Crippen LogP contribution < -0.4 is 20.2 Å². The van der Waals surface area contributed by atoms with E-state index in [1.807, 2.05) is 48.5 Å². The van der Waals surface area contributed by atoms with Gasteiger partial charge in [0, 0.05) is 61.5 Å². The first-order chi connectivity index (χ1) is 31.7. The number of esters is 1. The van der Waals surface area contributed by atoms with E-state index in [1.54, 1.807) is 18.5 Å². The molecule has 2 aliphatic heterocycles. The van der Waals surface area contributed by atoms with Crippen molar-refractivity contribution >= 4 is 33.9 Å². The zero-order valence-corrected chi connectivity index (χ0v) is 37.0. The number of hydrogen-bond acceptors (Lipinski definition) is 16. The highest BCUT2D eigenvalue weighted by molar-refractivity contribution is 7.80. The summed E-state index contributed by atoms with van der Waals surface area (Å²) in [5, 5.41) is 8.47. The highest BCUT2D eigenvalue weighted by Crippen LogP contribution is 2.42. The smallest absolute Gasteiger partial charge is 0.493 e. The van der Waals surface area contributed by atoms with Gasteiger partial charge in [0.15, 0.2) is 0 Å². The van der Waals surface area contributed by atoms with Crippen LogP contribution in [-0.2, 0) is 50.5 Å². The van der Waals surface area contributed by atoms with E-state index in [1.165, 1.54) is 40.4 Å². The Morgan fingerprint density at radius 1 is 0.939 bits per heavy atom. The van der Waals surface area contributed by atoms with Gasteiger partial charge in [0.05, 0.1) is 38.1 Å². The number of piperazine rings is 1. The van der Waals surface area contributed by atoms with Gasteiger partial charge in [0.2, 0.25) is 6.79 Å². The van der Waals surface area contributed by atoms with Gasteiger partial charge in [0.1, 0.15) is 48.1 Å². The predicted molar refractivity (Wildman–Crippen MR) is 230 cm³/mol. The lowest BCUT2D eigenvalue weighted by Crippen LogP contribution is -2.46. The minimum Gasteiger partial charge on any atom is -0.493 e. The van der Waals surface area contributed by atoms with Crippen LogP contribution in [0, 0.1) is 17.6 Å². The van der Waals surface area contributed by atoms with Crippen LogP contribution in [0.4, 0.5) is 25.0 Å². The van der Waals surface area contributed by atoms with Gasteiger partial charge in [-0.3, -0.25) is 9.35 Å². The van der Waals surface area contributed by atoms with Crippen molar-refractivity contribution in [3.63, 3.8) is 0 Å². The van der Waals surface area contributed by atoms with E-state index in [0.29, 0.717) is 37.5 Å². The molecule has 2 fully saturated rings. The van der Waals surface area contributed by atoms with E-state index >= 15 is 4.39 Å². The van der Waals surface area contributed by atoms with Crippen LogP contribution in [-0.4, -0.2) is 113 Å². The second-order valence-corrected chi connectivity index (χ2v) is 16.9. The van der Waals surface area contributed by atoms with E-state index in [2.05, 4.69) is 29.2 Å². The van der Waals surface area contributed by atoms with Crippen molar-refractivity contribution in [2.24, 2.45) is 5.92 Å². The first kappa shape index (κ1) is 47.5. The summed E-state index contributed by atoms with van der Waals surface area (Å²) in [6.45, 7) is 6.15. The number of benzene rings is 3. The normalized spacial score (nSPS) is 18.5. The number of anilines is 2. The fourth-order valence-corrected chi connectivity index (χ4v) is 8.41. The van der Waals surface area contributed by atoms with E-state index in [0.717, 1.165) is 43.6 Å². The molecule has 3 aromatic carbocycles. The molecule has 4 heterocycles. The molecule has 0 radical (unpaired) electrons. The molecule has 0 spiro atoms. The van der Waals surface area contributed by atoms with Gasteiger partial charge in [-0.1, -0.05) is 13.0 Å². The first-order valence-electron chi connectivity index (χ1n) is 21.2. The summed E-state index contributed by atoms with van der Waals surface area (Å²) in [7, 11) is -4.62. The van der Waals surface area contributed by atoms with Crippen LogP contribution in [0.5, 0.6) is 5.75 Å². The largest absolute Gasteiger partial charge is 0.511 e. The van der Waals surface area contributed by atoms with Crippen molar-refractivity contribution in [3.8, 4) is 11.4 Å². The molecule has 7 rings (SSSR count). The lowest BCUT2D eigenvalue weighted by Gasteiger charge is -2.37. The molecule has 2 aliphatic rings. The molecule has 2 aromatic heterocycles. The van der Waals surface area contributed by atoms with Crippen molar-refractivity contribution in [1.29, 1.82) is 0 Å². The molecule has 354 valence electrons. The second-order valence-electron chi connectivity index (χ2n) is 15.8. The number of carbonyl (C=O) groups excluding carboxylic acids is 2. The Bertz CT molecular complexity index is 2570. The van der Waals surface area contributed by atoms with Crippen molar-refractivity contribution in [2.45, 2.75) is 63.8 Å². The van der Waals surface area contributed by atoms with E-state index in [4.69, 9.17) is 28.2 Å². The maximum Gasteiger partial charge on any atom is 0.511 e. The molecule has 0 aliphatic carbocycles. The van der Waals surface area contributed by atoms with Gasteiger partial charge in [-0.25, -0.2) is 41.5 Å². The SMILES string of the molecule is CC[C@@H](C(C)OC(=O)OCOC(=O)CCCOS(=O)(=O)O)n1ncn(-c2ccc(N3CCN(c4ccc(OC[C@@H]5CO[C@@](Cn6cncn6)(c6ccc(F)cc6F)C5)cc4)CC3)cc2)c1=O. The molecule has 23 heteroatoms. The van der Waals surface area contributed by atoms with Crippen LogP contribution in [0.2, 0.25) is 0 Å². The molecule has 1 unspecified atom stereocenters. The van der Waals surface area contributed by atoms with Gasteiger partial charge in [0.25, 0.3) is 0 Å². The number of halogens is 2. The van der Waals surface area contributed by atoms with Crippen molar-refractivity contribution in [2.75, 3.05) is 62.6 Å². The number of ether oxygens (including phenoxy) is 5. The van der Waals surface area contributed by atoms with Crippen LogP contribution in [0.1, 0.15) is 51.1 Å². The average Bonchev–Trinajstić information content (AvgIpc) is 4.06. The molecule has 20 nitrogen and oxygen atoms in total. The minimum atomic E-state index is -4.62. The third kappa shape index (κ3) is 12.1. The van der Waals surface area contributed by atoms with Crippen molar-refractivity contribution in [1.82, 2.24) is 29.1 Å². The summed E-state index contributed by atoms with van der Waals surface area (Å²) in [5.74, 6) is -1.49. The zero-order chi connectivity index (χ0) is 46.8. The third-order valence-electron chi connectivity index (χ3n) is 11.4. The van der Waals surface area contributed by atoms with Crippen LogP contribution in [0.3, 0.4) is 0 Å². The Balaban J connectivity index is 0.856. The summed E-state index contributed by atoms with van der Waals surface area (Å²) in [6.07, 6.45) is 2.84. The number of aromatic nitrogens is 6. The summed E-state index contributed by atoms with van der Waals surface area (Å²) in [4.78, 5) is 46.1. The lowest BCUT2D eigenvalue weighted by atomic mass is 9.87. The van der Waals surface area contributed by atoms with E-state index in [9.17, 15) is 27.2 Å². The summed E-state index contributed by atoms with van der Waals surface area (Å²) >= 11 is 0. The minimum absolute atomic E-state index is 0.0522. The van der Waals surface area contributed by atoms with Crippen molar-refractivity contribution in [3.05, 3.63) is 113 Å². The molecule has 4 atom stereocenters. The standard InChI is InChI=1S/C43H50F2N8O12S/c1-3-39(30(2)65-42(56)62-29-61-40(54)5-4-20-64-66(57,58)59)53-41(55)52(28-48-53)35-9-7-33(8-10-35)49-16-18-50(19-17-49)34-11-13-36(14-12-34)60-23-31-22-43(63-24-31,25-51-27-46-26-47-51)37-15-6-32(44)21-38(37)45/h6-15,21,26-28,30-31,39H,3-5,16-20,22-25,29H2,1-2H3,(H,57,58,59)/t30?,31-,39+,43+/m1/s1.